The fraction of sp³-hybridized carbons (Fsp3) is 0.500. The lowest BCUT2D eigenvalue weighted by molar-refractivity contribution is -0.124. The van der Waals surface area contributed by atoms with Crippen LogP contribution in [0.25, 0.3) is 0 Å². The zero-order chi connectivity index (χ0) is 13.7. The van der Waals surface area contributed by atoms with E-state index in [0.717, 1.165) is 25.1 Å². The first-order valence-electron chi connectivity index (χ1n) is 6.44. The smallest absolute Gasteiger partial charge is 0.224 e. The van der Waals surface area contributed by atoms with E-state index >= 15 is 0 Å². The molecule has 2 N–H and O–H groups in total. The minimum atomic E-state index is 0. The van der Waals surface area contributed by atoms with E-state index in [0.29, 0.717) is 18.0 Å². The lowest BCUT2D eigenvalue weighted by atomic mass is 10.1. The van der Waals surface area contributed by atoms with E-state index in [1.807, 2.05) is 18.2 Å². The zero-order valence-electron chi connectivity index (χ0n) is 11.8. The second-order valence-corrected chi connectivity index (χ2v) is 4.56. The maximum atomic E-state index is 11.9. The SMILES string of the molecule is COc1cccc(CNC(=O)C2CCNC2)c1OC.Cl. The molecule has 1 unspecified atom stereocenters. The molecule has 0 aliphatic carbocycles. The topological polar surface area (TPSA) is 59.6 Å². The molecule has 1 aromatic rings. The molecule has 0 radical (unpaired) electrons. The van der Waals surface area contributed by atoms with Gasteiger partial charge in [-0.2, -0.15) is 0 Å². The molecular formula is C14H21ClN2O3. The second-order valence-electron chi connectivity index (χ2n) is 4.56. The summed E-state index contributed by atoms with van der Waals surface area (Å²) in [5, 5.41) is 6.14. The highest BCUT2D eigenvalue weighted by Gasteiger charge is 2.22. The predicted octanol–water partition coefficient (Wildman–Crippen LogP) is 1.35. The molecule has 2 rings (SSSR count). The van der Waals surface area contributed by atoms with Crippen molar-refractivity contribution < 1.29 is 14.3 Å². The maximum absolute atomic E-state index is 11.9. The van der Waals surface area contributed by atoms with Gasteiger partial charge < -0.3 is 20.1 Å². The number of carbonyl (C=O) groups excluding carboxylic acids is 1. The van der Waals surface area contributed by atoms with Crippen LogP contribution in [0.5, 0.6) is 11.5 Å². The molecule has 0 saturated carbocycles. The molecule has 112 valence electrons. The van der Waals surface area contributed by atoms with Crippen LogP contribution in [-0.4, -0.2) is 33.2 Å². The Labute approximate surface area is 125 Å². The highest BCUT2D eigenvalue weighted by atomic mass is 35.5. The van der Waals surface area contributed by atoms with Crippen LogP contribution in [0.3, 0.4) is 0 Å². The first-order valence-corrected chi connectivity index (χ1v) is 6.44. The molecule has 5 nitrogen and oxygen atoms in total. The summed E-state index contributed by atoms with van der Waals surface area (Å²) in [6, 6.07) is 5.65. The van der Waals surface area contributed by atoms with Crippen LogP contribution in [0, 0.1) is 5.92 Å². The number of halogens is 1. The maximum Gasteiger partial charge on any atom is 0.224 e. The van der Waals surface area contributed by atoms with Crippen molar-refractivity contribution in [3.63, 3.8) is 0 Å². The van der Waals surface area contributed by atoms with Crippen molar-refractivity contribution in [2.24, 2.45) is 5.92 Å². The largest absolute Gasteiger partial charge is 0.493 e. The molecule has 0 bridgehead atoms. The first kappa shape index (κ1) is 16.6. The number of nitrogens with one attached hydrogen (secondary N) is 2. The van der Waals surface area contributed by atoms with Gasteiger partial charge in [0, 0.05) is 18.7 Å². The molecule has 1 heterocycles. The summed E-state index contributed by atoms with van der Waals surface area (Å²) < 4.78 is 10.6. The van der Waals surface area contributed by atoms with E-state index in [2.05, 4.69) is 10.6 Å². The molecule has 1 aliphatic heterocycles. The van der Waals surface area contributed by atoms with Crippen molar-refractivity contribution in [2.45, 2.75) is 13.0 Å². The van der Waals surface area contributed by atoms with Crippen molar-refractivity contribution in [2.75, 3.05) is 27.3 Å². The number of rotatable bonds is 5. The molecule has 20 heavy (non-hydrogen) atoms. The zero-order valence-corrected chi connectivity index (χ0v) is 12.6. The van der Waals surface area contributed by atoms with E-state index < -0.39 is 0 Å². The summed E-state index contributed by atoms with van der Waals surface area (Å²) in [5.74, 6) is 1.53. The average molecular weight is 301 g/mol. The van der Waals surface area contributed by atoms with Gasteiger partial charge in [-0.05, 0) is 19.0 Å². The van der Waals surface area contributed by atoms with Crippen LogP contribution in [0.15, 0.2) is 18.2 Å². The van der Waals surface area contributed by atoms with Gasteiger partial charge in [-0.1, -0.05) is 12.1 Å². The fourth-order valence-electron chi connectivity index (χ4n) is 2.30. The van der Waals surface area contributed by atoms with E-state index in [-0.39, 0.29) is 24.2 Å². The second kappa shape index (κ2) is 7.97. The highest BCUT2D eigenvalue weighted by Crippen LogP contribution is 2.30. The Morgan fingerprint density at radius 3 is 2.80 bits per heavy atom. The van der Waals surface area contributed by atoms with Gasteiger partial charge in [-0.15, -0.1) is 12.4 Å². The number of amides is 1. The van der Waals surface area contributed by atoms with Crippen LogP contribution in [-0.2, 0) is 11.3 Å². The Bertz CT molecular complexity index is 448. The molecule has 6 heteroatoms. The van der Waals surface area contributed by atoms with Crippen molar-refractivity contribution in [3.8, 4) is 11.5 Å². The fourth-order valence-corrected chi connectivity index (χ4v) is 2.30. The molecule has 1 aliphatic rings. The number of hydrogen-bond acceptors (Lipinski definition) is 4. The quantitative estimate of drug-likeness (QED) is 0.862. The summed E-state index contributed by atoms with van der Waals surface area (Å²) in [7, 11) is 3.20. The third-order valence-electron chi connectivity index (χ3n) is 3.37. The van der Waals surface area contributed by atoms with Crippen LogP contribution < -0.4 is 20.1 Å². The number of hydrogen-bond donors (Lipinski definition) is 2. The summed E-state index contributed by atoms with van der Waals surface area (Å²) in [6.07, 6.45) is 0.904. The monoisotopic (exact) mass is 300 g/mol. The molecule has 0 aromatic heterocycles. The van der Waals surface area contributed by atoms with Gasteiger partial charge in [-0.3, -0.25) is 4.79 Å². The molecular weight excluding hydrogens is 280 g/mol. The Morgan fingerprint density at radius 2 is 2.20 bits per heavy atom. The molecule has 0 spiro atoms. The Hall–Kier alpha value is -1.46. The van der Waals surface area contributed by atoms with Crippen molar-refractivity contribution in [1.29, 1.82) is 0 Å². The number of ether oxygens (including phenoxy) is 2. The summed E-state index contributed by atoms with van der Waals surface area (Å²) in [4.78, 5) is 11.9. The van der Waals surface area contributed by atoms with Crippen LogP contribution >= 0.6 is 12.4 Å². The molecule has 1 atom stereocenters. The third kappa shape index (κ3) is 3.77. The van der Waals surface area contributed by atoms with Gasteiger partial charge in [0.25, 0.3) is 0 Å². The van der Waals surface area contributed by atoms with E-state index in [1.54, 1.807) is 14.2 Å². The van der Waals surface area contributed by atoms with Gasteiger partial charge in [-0.25, -0.2) is 0 Å². The van der Waals surface area contributed by atoms with Gasteiger partial charge in [0.05, 0.1) is 20.1 Å². The van der Waals surface area contributed by atoms with Crippen LogP contribution in [0.2, 0.25) is 0 Å². The van der Waals surface area contributed by atoms with Crippen molar-refractivity contribution >= 4 is 18.3 Å². The summed E-state index contributed by atoms with van der Waals surface area (Å²) >= 11 is 0. The molecule has 1 saturated heterocycles. The molecule has 1 fully saturated rings. The minimum Gasteiger partial charge on any atom is -0.493 e. The van der Waals surface area contributed by atoms with E-state index in [1.165, 1.54) is 0 Å². The summed E-state index contributed by atoms with van der Waals surface area (Å²) in [6.45, 7) is 2.14. The minimum absolute atomic E-state index is 0. The Balaban J connectivity index is 0.00000200. The highest BCUT2D eigenvalue weighted by molar-refractivity contribution is 5.85. The number of benzene rings is 1. The van der Waals surface area contributed by atoms with Crippen LogP contribution in [0.1, 0.15) is 12.0 Å². The number of carbonyl (C=O) groups is 1. The lowest BCUT2D eigenvalue weighted by Gasteiger charge is -2.14. The third-order valence-corrected chi connectivity index (χ3v) is 3.37. The van der Waals surface area contributed by atoms with E-state index in [4.69, 9.17) is 9.47 Å². The van der Waals surface area contributed by atoms with E-state index in [9.17, 15) is 4.79 Å². The van der Waals surface area contributed by atoms with Gasteiger partial charge in [0.1, 0.15) is 0 Å². The normalized spacial score (nSPS) is 17.2. The van der Waals surface area contributed by atoms with Gasteiger partial charge in [0.15, 0.2) is 11.5 Å². The van der Waals surface area contributed by atoms with Crippen molar-refractivity contribution in [1.82, 2.24) is 10.6 Å². The van der Waals surface area contributed by atoms with Gasteiger partial charge in [0.2, 0.25) is 5.91 Å². The molecule has 1 aromatic carbocycles. The number of methoxy groups -OCH3 is 2. The Kier molecular flexibility index (Phi) is 6.61. The Morgan fingerprint density at radius 1 is 1.40 bits per heavy atom. The standard InChI is InChI=1S/C14H20N2O3.ClH/c1-18-12-5-3-4-10(13(12)19-2)9-16-14(17)11-6-7-15-8-11;/h3-5,11,15H,6-9H2,1-2H3,(H,16,17);1H. The molecule has 1 amide bonds. The first-order chi connectivity index (χ1) is 9.26. The lowest BCUT2D eigenvalue weighted by Crippen LogP contribution is -2.31. The predicted molar refractivity (Wildman–Crippen MR) is 79.6 cm³/mol. The van der Waals surface area contributed by atoms with Gasteiger partial charge >= 0.3 is 0 Å². The summed E-state index contributed by atoms with van der Waals surface area (Å²) in [5.41, 5.74) is 0.918. The van der Waals surface area contributed by atoms with Crippen molar-refractivity contribution in [3.05, 3.63) is 23.8 Å². The average Bonchev–Trinajstić information content (AvgIpc) is 2.98. The number of para-hydroxylation sites is 1. The van der Waals surface area contributed by atoms with Crippen LogP contribution in [0.4, 0.5) is 0 Å².